The van der Waals surface area contributed by atoms with Gasteiger partial charge in [0.15, 0.2) is 0 Å². The fraction of sp³-hybridized carbons (Fsp3) is 0.486. The van der Waals surface area contributed by atoms with Crippen molar-refractivity contribution >= 4 is 41.3 Å². The molecule has 1 aliphatic rings. The summed E-state index contributed by atoms with van der Waals surface area (Å²) in [5, 5.41) is 10.7. The fourth-order valence-electron chi connectivity index (χ4n) is 5.19. The van der Waals surface area contributed by atoms with Gasteiger partial charge in [0.05, 0.1) is 28.0 Å². The van der Waals surface area contributed by atoms with E-state index in [-0.39, 0.29) is 23.8 Å². The lowest BCUT2D eigenvalue weighted by Crippen LogP contribution is -2.42. The van der Waals surface area contributed by atoms with E-state index in [1.807, 2.05) is 31.0 Å². The average Bonchev–Trinajstić information content (AvgIpc) is 3.03. The van der Waals surface area contributed by atoms with Crippen molar-refractivity contribution < 1.29 is 9.90 Å². The Hall–Kier alpha value is -3.16. The first-order valence-electron chi connectivity index (χ1n) is 15.8. The van der Waals surface area contributed by atoms with E-state index in [1.54, 1.807) is 24.1 Å². The van der Waals surface area contributed by atoms with Crippen molar-refractivity contribution in [1.29, 1.82) is 0 Å². The molecule has 0 saturated heterocycles. The van der Waals surface area contributed by atoms with Gasteiger partial charge in [0.25, 0.3) is 0 Å². The number of aliphatic hydroxyl groups is 1. The van der Waals surface area contributed by atoms with Crippen LogP contribution in [0.25, 0.3) is 17.7 Å². The van der Waals surface area contributed by atoms with E-state index >= 15 is 0 Å². The summed E-state index contributed by atoms with van der Waals surface area (Å²) in [4.78, 5) is 25.3. The Kier molecular flexibility index (Phi) is 15.7. The van der Waals surface area contributed by atoms with Crippen molar-refractivity contribution in [2.24, 2.45) is 11.3 Å². The van der Waals surface area contributed by atoms with Crippen LogP contribution in [-0.2, 0) is 11.2 Å². The minimum Gasteiger partial charge on any atom is -0.396 e. The second kappa shape index (κ2) is 18.6. The van der Waals surface area contributed by atoms with Gasteiger partial charge in [0.2, 0.25) is 5.91 Å². The third-order valence-electron chi connectivity index (χ3n) is 8.30. The zero-order chi connectivity index (χ0) is 32.7. The van der Waals surface area contributed by atoms with Crippen LogP contribution in [-0.4, -0.2) is 58.9 Å². The van der Waals surface area contributed by atoms with E-state index in [2.05, 4.69) is 75.3 Å². The number of hydrogen-bond donors (Lipinski definition) is 1. The zero-order valence-corrected chi connectivity index (χ0v) is 28.8. The second-order valence-corrected chi connectivity index (χ2v) is 12.7. The van der Waals surface area contributed by atoms with E-state index in [0.29, 0.717) is 13.0 Å². The van der Waals surface area contributed by atoms with Gasteiger partial charge in [0.1, 0.15) is 0 Å². The van der Waals surface area contributed by atoms with E-state index < -0.39 is 0 Å². The largest absolute Gasteiger partial charge is 0.396 e. The molecule has 1 aliphatic carbocycles. The summed E-state index contributed by atoms with van der Waals surface area (Å²) >= 11 is 1.76. The van der Waals surface area contributed by atoms with E-state index in [4.69, 9.17) is 15.1 Å². The van der Waals surface area contributed by atoms with Gasteiger partial charge >= 0.3 is 0 Å². The number of anilines is 1. The van der Waals surface area contributed by atoms with Gasteiger partial charge in [-0.05, 0) is 81.1 Å². The van der Waals surface area contributed by atoms with Crippen molar-refractivity contribution in [2.75, 3.05) is 37.3 Å². The van der Waals surface area contributed by atoms with Crippen molar-refractivity contribution in [3.05, 3.63) is 83.8 Å². The highest BCUT2D eigenvalue weighted by molar-refractivity contribution is 7.99. The number of aromatic nitrogens is 2. The minimum absolute atomic E-state index is 0.0647. The van der Waals surface area contributed by atoms with Crippen LogP contribution in [0, 0.1) is 18.3 Å². The Morgan fingerprint density at radius 2 is 1.89 bits per heavy atom. The Labute approximate surface area is 270 Å². The molecule has 3 rings (SSSR count). The number of allylic oxidation sites excluding steroid dienone is 3. The highest BCUT2D eigenvalue weighted by Crippen LogP contribution is 2.34. The number of aryl methyl sites for hydroxylation is 2. The van der Waals surface area contributed by atoms with Gasteiger partial charge in [-0.15, -0.1) is 6.58 Å². The molecule has 1 N–H and O–H groups in total. The molecule has 1 aromatic carbocycles. The number of unbranched alkanes of at least 4 members (excludes halogenated alkanes) is 2. The van der Waals surface area contributed by atoms with Crippen LogP contribution >= 0.6 is 11.9 Å². The van der Waals surface area contributed by atoms with E-state index in [9.17, 15) is 4.79 Å². The molecule has 0 spiro atoms. The molecule has 2 atom stereocenters. The summed E-state index contributed by atoms with van der Waals surface area (Å²) in [7, 11) is 1.92. The van der Waals surface area contributed by atoms with Gasteiger partial charge in [-0.25, -0.2) is 9.97 Å². The molecule has 44 heavy (non-hydrogen) atoms. The van der Waals surface area contributed by atoms with E-state index in [1.165, 1.54) is 11.3 Å². The predicted molar refractivity (Wildman–Crippen MR) is 191 cm³/mol. The molecule has 240 valence electrons. The first kappa shape index (κ1) is 37.0. The number of rotatable bonds is 16. The second-order valence-electron chi connectivity index (χ2n) is 11.9. The van der Waals surface area contributed by atoms with Crippen molar-refractivity contribution in [1.82, 2.24) is 14.9 Å². The topological polar surface area (TPSA) is 69.6 Å². The van der Waals surface area contributed by atoms with Crippen LogP contribution < -0.4 is 15.0 Å². The number of hydrogen-bond acceptors (Lipinski definition) is 6. The summed E-state index contributed by atoms with van der Waals surface area (Å²) in [5.74, 6) is -0.128. The number of fused-ring (bicyclic) bond motifs is 1. The predicted octanol–water partition coefficient (Wildman–Crippen LogP) is 6.51. The number of aliphatic hydroxyl groups excluding tert-OH is 1. The van der Waals surface area contributed by atoms with Crippen LogP contribution in [0.2, 0.25) is 0 Å². The summed E-state index contributed by atoms with van der Waals surface area (Å²) in [6.07, 6.45) is 15.5. The smallest absolute Gasteiger partial charge is 0.229 e. The first-order chi connectivity index (χ1) is 21.1. The first-order valence-corrected chi connectivity index (χ1v) is 17.0. The lowest BCUT2D eigenvalue weighted by Gasteiger charge is -2.36. The van der Waals surface area contributed by atoms with Gasteiger partial charge < -0.3 is 14.3 Å². The van der Waals surface area contributed by atoms with Gasteiger partial charge in [-0.2, -0.15) is 0 Å². The summed E-state index contributed by atoms with van der Waals surface area (Å²) < 4.78 is 2.39. The number of para-hydroxylation sites is 1. The Morgan fingerprint density at radius 1 is 1.18 bits per heavy atom. The summed E-state index contributed by atoms with van der Waals surface area (Å²) in [5.41, 5.74) is 5.00. The molecule has 1 heterocycles. The standard InChI is InChI=1S/C34H48N4O2S.C3H6/c1-8-25(3)32-29(16-11-10-14-22-39)35-30-23-27(18-19-28(30)36-32)33(40)37(6)21-20-34(5,9-2)24-38(41-7)31-17-13-12-15-26(31)4;1-3-2/h8,12-13,15,17,19,23,27,39H,1,3,9-11,14,16,18,20-22,24H2,2,4-7H3;3H,1H2,2H3. The van der Waals surface area contributed by atoms with Gasteiger partial charge in [-0.1, -0.05) is 81.8 Å². The van der Waals surface area contributed by atoms with E-state index in [0.717, 1.165) is 72.7 Å². The molecule has 0 radical (unpaired) electrons. The molecule has 1 aromatic heterocycles. The Balaban J connectivity index is 0.00000216. The van der Waals surface area contributed by atoms with Crippen LogP contribution in [0.15, 0.2) is 56.2 Å². The molecule has 1 amide bonds. The number of amides is 1. The number of nitrogens with zero attached hydrogens (tertiary/aromatic N) is 4. The number of carbonyl (C=O) groups excluding carboxylic acids is 1. The molecule has 0 saturated carbocycles. The number of benzene rings is 1. The molecule has 7 heteroatoms. The van der Waals surface area contributed by atoms with Crippen LogP contribution in [0.4, 0.5) is 5.69 Å². The summed E-state index contributed by atoms with van der Waals surface area (Å²) in [6.45, 7) is 21.8. The lowest BCUT2D eigenvalue weighted by molar-refractivity contribution is -0.132. The molecule has 0 bridgehead atoms. The van der Waals surface area contributed by atoms with Gasteiger partial charge in [0, 0.05) is 38.7 Å². The maximum absolute atomic E-state index is 13.6. The van der Waals surface area contributed by atoms with Gasteiger partial charge in [-0.3, -0.25) is 4.79 Å². The monoisotopic (exact) mass is 618 g/mol. The minimum atomic E-state index is -0.250. The third-order valence-corrected chi connectivity index (χ3v) is 9.06. The molecular weight excluding hydrogens is 565 g/mol. The summed E-state index contributed by atoms with van der Waals surface area (Å²) in [6, 6.07) is 8.52. The Bertz CT molecular complexity index is 1390. The molecule has 2 unspecified atom stereocenters. The van der Waals surface area contributed by atoms with Crippen molar-refractivity contribution in [3.63, 3.8) is 0 Å². The Morgan fingerprint density at radius 3 is 2.50 bits per heavy atom. The molecule has 0 fully saturated rings. The maximum Gasteiger partial charge on any atom is 0.229 e. The highest BCUT2D eigenvalue weighted by Gasteiger charge is 2.29. The average molecular weight is 619 g/mol. The quantitative estimate of drug-likeness (QED) is 0.100. The lowest BCUT2D eigenvalue weighted by atomic mass is 9.83. The van der Waals surface area contributed by atoms with Crippen LogP contribution in [0.1, 0.15) is 76.2 Å². The third kappa shape index (κ3) is 10.5. The maximum atomic E-state index is 13.6. The van der Waals surface area contributed by atoms with Crippen molar-refractivity contribution in [3.8, 4) is 0 Å². The van der Waals surface area contributed by atoms with Crippen LogP contribution in [0.5, 0.6) is 0 Å². The molecule has 2 aromatic rings. The normalized spacial score (nSPS) is 14.8. The molecular formula is C37H54N4O2S. The molecule has 0 aliphatic heterocycles. The number of carbonyl (C=O) groups is 1. The fourth-order valence-corrected chi connectivity index (χ4v) is 6.03. The SMILES string of the molecule is C=CC.C=CC(=C)c1nc2c(nc1CCCCCO)=CC(C(=O)N(C)CCC(C)(CC)CN(SC)c1ccccc1C)CC=2. The zero-order valence-electron chi connectivity index (χ0n) is 27.9. The highest BCUT2D eigenvalue weighted by atomic mass is 32.2. The van der Waals surface area contributed by atoms with Crippen LogP contribution in [0.3, 0.4) is 0 Å². The van der Waals surface area contributed by atoms with Crippen molar-refractivity contribution in [2.45, 2.75) is 72.6 Å². The molecule has 6 nitrogen and oxygen atoms in total.